The number of hydrogen-bond donors (Lipinski definition) is 2. The lowest BCUT2D eigenvalue weighted by Crippen LogP contribution is -2.30. The molecular formula is C11H16N6O. The van der Waals surface area contributed by atoms with Crippen molar-refractivity contribution in [3.8, 4) is 0 Å². The zero-order chi connectivity index (χ0) is 13.2. The molecule has 96 valence electrons. The highest BCUT2D eigenvalue weighted by molar-refractivity contribution is 5.93. The van der Waals surface area contributed by atoms with Gasteiger partial charge in [-0.3, -0.25) is 9.89 Å². The maximum Gasteiger partial charge on any atom is 0.254 e. The Balaban J connectivity index is 2.03. The second-order valence-electron chi connectivity index (χ2n) is 4.93. The number of H-pyrrole nitrogens is 1. The number of nitrogens with zero attached hydrogens (tertiary/aromatic N) is 4. The quantitative estimate of drug-likeness (QED) is 0.836. The van der Waals surface area contributed by atoms with E-state index in [1.807, 2.05) is 20.8 Å². The van der Waals surface area contributed by atoms with Crippen molar-refractivity contribution in [3.05, 3.63) is 30.1 Å². The van der Waals surface area contributed by atoms with E-state index in [0.29, 0.717) is 12.1 Å². The first-order valence-corrected chi connectivity index (χ1v) is 5.65. The van der Waals surface area contributed by atoms with Gasteiger partial charge in [0.25, 0.3) is 5.91 Å². The second-order valence-corrected chi connectivity index (χ2v) is 4.93. The molecule has 0 saturated carbocycles. The number of aromatic amines is 1. The van der Waals surface area contributed by atoms with E-state index in [-0.39, 0.29) is 11.4 Å². The molecule has 2 aromatic rings. The van der Waals surface area contributed by atoms with Gasteiger partial charge < -0.3 is 5.32 Å². The first-order chi connectivity index (χ1) is 8.48. The standard InChI is InChI=1S/C11H16N6O/c1-11(2,3)17-9(13-7-16-17)6-12-10(18)8-4-14-15-5-8/h4-5,7H,6H2,1-3H3,(H,12,18)(H,14,15). The lowest BCUT2D eigenvalue weighted by molar-refractivity contribution is 0.0948. The topological polar surface area (TPSA) is 88.5 Å². The molecule has 18 heavy (non-hydrogen) atoms. The summed E-state index contributed by atoms with van der Waals surface area (Å²) < 4.78 is 1.79. The summed E-state index contributed by atoms with van der Waals surface area (Å²) in [6, 6.07) is 0. The van der Waals surface area contributed by atoms with Crippen LogP contribution in [0.2, 0.25) is 0 Å². The van der Waals surface area contributed by atoms with Crippen LogP contribution in [0.5, 0.6) is 0 Å². The van der Waals surface area contributed by atoms with Crippen LogP contribution in [0.25, 0.3) is 0 Å². The van der Waals surface area contributed by atoms with Crippen LogP contribution in [0.1, 0.15) is 37.0 Å². The summed E-state index contributed by atoms with van der Waals surface area (Å²) in [6.45, 7) is 6.43. The van der Waals surface area contributed by atoms with E-state index in [9.17, 15) is 4.79 Å². The van der Waals surface area contributed by atoms with Crippen LogP contribution in [0, 0.1) is 0 Å². The predicted octanol–water partition coefficient (Wildman–Crippen LogP) is 0.686. The Morgan fingerprint density at radius 2 is 2.28 bits per heavy atom. The number of hydrogen-bond acceptors (Lipinski definition) is 4. The zero-order valence-corrected chi connectivity index (χ0v) is 10.6. The third kappa shape index (κ3) is 2.55. The molecule has 2 aromatic heterocycles. The minimum absolute atomic E-state index is 0.161. The Kier molecular flexibility index (Phi) is 3.14. The van der Waals surface area contributed by atoms with Crippen molar-refractivity contribution in [1.29, 1.82) is 0 Å². The molecule has 0 aromatic carbocycles. The van der Waals surface area contributed by atoms with Crippen molar-refractivity contribution in [3.63, 3.8) is 0 Å². The Labute approximate surface area is 105 Å². The van der Waals surface area contributed by atoms with Gasteiger partial charge >= 0.3 is 0 Å². The molecule has 0 bridgehead atoms. The van der Waals surface area contributed by atoms with Gasteiger partial charge in [-0.2, -0.15) is 10.2 Å². The summed E-state index contributed by atoms with van der Waals surface area (Å²) >= 11 is 0. The Morgan fingerprint density at radius 1 is 1.50 bits per heavy atom. The number of carbonyl (C=O) groups excluding carboxylic acids is 1. The molecule has 0 aliphatic carbocycles. The predicted molar refractivity (Wildman–Crippen MR) is 64.8 cm³/mol. The van der Waals surface area contributed by atoms with Crippen LogP contribution < -0.4 is 5.32 Å². The van der Waals surface area contributed by atoms with Gasteiger partial charge in [-0.25, -0.2) is 9.67 Å². The molecule has 0 fully saturated rings. The molecule has 0 aliphatic heterocycles. The van der Waals surface area contributed by atoms with Crippen molar-refractivity contribution in [2.75, 3.05) is 0 Å². The fourth-order valence-corrected chi connectivity index (χ4v) is 1.58. The van der Waals surface area contributed by atoms with Crippen molar-refractivity contribution in [1.82, 2.24) is 30.3 Å². The van der Waals surface area contributed by atoms with Gasteiger partial charge in [-0.15, -0.1) is 0 Å². The highest BCUT2D eigenvalue weighted by Gasteiger charge is 2.18. The first kappa shape index (κ1) is 12.3. The Hall–Kier alpha value is -2.18. The van der Waals surface area contributed by atoms with Crippen molar-refractivity contribution in [2.24, 2.45) is 0 Å². The molecule has 2 N–H and O–H groups in total. The van der Waals surface area contributed by atoms with E-state index in [1.165, 1.54) is 12.5 Å². The number of aromatic nitrogens is 5. The summed E-state index contributed by atoms with van der Waals surface area (Å²) in [5.74, 6) is 0.534. The smallest absolute Gasteiger partial charge is 0.254 e. The largest absolute Gasteiger partial charge is 0.345 e. The van der Waals surface area contributed by atoms with Crippen molar-refractivity contribution in [2.45, 2.75) is 32.9 Å². The van der Waals surface area contributed by atoms with Gasteiger partial charge in [0, 0.05) is 6.20 Å². The molecule has 0 unspecified atom stereocenters. The van der Waals surface area contributed by atoms with Crippen LogP contribution in [-0.4, -0.2) is 30.9 Å². The molecule has 0 aliphatic rings. The molecular weight excluding hydrogens is 232 g/mol. The maximum absolute atomic E-state index is 11.7. The molecule has 0 saturated heterocycles. The van der Waals surface area contributed by atoms with E-state index in [2.05, 4.69) is 25.6 Å². The minimum atomic E-state index is -0.188. The van der Waals surface area contributed by atoms with Gasteiger partial charge in [0.1, 0.15) is 12.2 Å². The first-order valence-electron chi connectivity index (χ1n) is 5.65. The molecule has 0 radical (unpaired) electrons. The third-order valence-electron chi connectivity index (χ3n) is 2.42. The Morgan fingerprint density at radius 3 is 2.89 bits per heavy atom. The summed E-state index contributed by atoms with van der Waals surface area (Å²) in [5.41, 5.74) is 0.337. The normalized spacial score (nSPS) is 11.5. The lowest BCUT2D eigenvalue weighted by atomic mass is 10.1. The van der Waals surface area contributed by atoms with Crippen LogP contribution >= 0.6 is 0 Å². The second kappa shape index (κ2) is 4.59. The fourth-order valence-electron chi connectivity index (χ4n) is 1.58. The number of carbonyl (C=O) groups is 1. The van der Waals surface area contributed by atoms with Crippen LogP contribution in [0.3, 0.4) is 0 Å². The average Bonchev–Trinajstić information content (AvgIpc) is 2.95. The molecule has 2 rings (SSSR count). The molecule has 1 amide bonds. The average molecular weight is 248 g/mol. The van der Waals surface area contributed by atoms with Gasteiger partial charge in [0.15, 0.2) is 0 Å². The molecule has 0 atom stereocenters. The summed E-state index contributed by atoms with van der Waals surface area (Å²) in [5, 5.41) is 13.3. The van der Waals surface area contributed by atoms with Crippen molar-refractivity contribution >= 4 is 5.91 Å². The van der Waals surface area contributed by atoms with Gasteiger partial charge in [0.05, 0.1) is 23.8 Å². The van der Waals surface area contributed by atoms with Gasteiger partial charge in [-0.1, -0.05) is 0 Å². The maximum atomic E-state index is 11.7. The summed E-state index contributed by atoms with van der Waals surface area (Å²) in [4.78, 5) is 15.9. The van der Waals surface area contributed by atoms with E-state index in [4.69, 9.17) is 0 Å². The van der Waals surface area contributed by atoms with Gasteiger partial charge in [-0.05, 0) is 20.8 Å². The monoisotopic (exact) mass is 248 g/mol. The highest BCUT2D eigenvalue weighted by atomic mass is 16.1. The van der Waals surface area contributed by atoms with E-state index >= 15 is 0 Å². The molecule has 0 spiro atoms. The highest BCUT2D eigenvalue weighted by Crippen LogP contribution is 2.13. The van der Waals surface area contributed by atoms with Crippen LogP contribution in [0.15, 0.2) is 18.7 Å². The van der Waals surface area contributed by atoms with E-state index in [0.717, 1.165) is 5.82 Å². The fraction of sp³-hybridized carbons (Fsp3) is 0.455. The Bertz CT molecular complexity index is 522. The summed E-state index contributed by atoms with van der Waals surface area (Å²) in [7, 11) is 0. The SMILES string of the molecule is CC(C)(C)n1ncnc1CNC(=O)c1cn[nH]c1. The van der Waals surface area contributed by atoms with Crippen LogP contribution in [-0.2, 0) is 12.1 Å². The van der Waals surface area contributed by atoms with Crippen LogP contribution in [0.4, 0.5) is 0 Å². The van der Waals surface area contributed by atoms with E-state index in [1.54, 1.807) is 10.9 Å². The third-order valence-corrected chi connectivity index (χ3v) is 2.42. The molecule has 7 nitrogen and oxygen atoms in total. The van der Waals surface area contributed by atoms with Gasteiger partial charge in [0.2, 0.25) is 0 Å². The number of amides is 1. The molecule has 7 heteroatoms. The molecule has 2 heterocycles. The number of rotatable bonds is 3. The number of nitrogens with one attached hydrogen (secondary N) is 2. The van der Waals surface area contributed by atoms with Crippen molar-refractivity contribution < 1.29 is 4.79 Å². The summed E-state index contributed by atoms with van der Waals surface area (Å²) in [6.07, 6.45) is 4.51. The van der Waals surface area contributed by atoms with E-state index < -0.39 is 0 Å². The zero-order valence-electron chi connectivity index (χ0n) is 10.6. The minimum Gasteiger partial charge on any atom is -0.345 e. The lowest BCUT2D eigenvalue weighted by Gasteiger charge is -2.21.